The molecule has 1 aliphatic carbocycles. The highest BCUT2D eigenvalue weighted by atomic mass is 79.9. The third-order valence-corrected chi connectivity index (χ3v) is 5.23. The van der Waals surface area contributed by atoms with Gasteiger partial charge in [0.2, 0.25) is 5.91 Å². The van der Waals surface area contributed by atoms with Crippen molar-refractivity contribution in [2.45, 2.75) is 25.8 Å². The van der Waals surface area contributed by atoms with Crippen LogP contribution in [0.1, 0.15) is 30.0 Å². The number of carbonyl (C=O) groups excluding carboxylic acids is 2. The molecular formula is C20H21BrClN3O2. The molecule has 1 saturated carbocycles. The molecule has 0 aliphatic heterocycles. The summed E-state index contributed by atoms with van der Waals surface area (Å²) in [4.78, 5) is 24.4. The van der Waals surface area contributed by atoms with E-state index >= 15 is 0 Å². The summed E-state index contributed by atoms with van der Waals surface area (Å²) < 4.78 is 0.948. The monoisotopic (exact) mass is 449 g/mol. The standard InChI is InChI=1S/C20H21BrClN3O2/c1-12-10-15(21)6-9-17(12)24-18(26)11-23-20(27)25-19(13-2-3-13)14-4-7-16(22)8-5-14/h4-10,13,19H,2-3,11H2,1H3,(H,24,26)(H2,23,25,27)/t19-/m0/s1. The highest BCUT2D eigenvalue weighted by Gasteiger charge is 2.33. The molecule has 0 unspecified atom stereocenters. The summed E-state index contributed by atoms with van der Waals surface area (Å²) in [5.41, 5.74) is 2.69. The maximum Gasteiger partial charge on any atom is 0.315 e. The van der Waals surface area contributed by atoms with Crippen molar-refractivity contribution < 1.29 is 9.59 Å². The number of aryl methyl sites for hydroxylation is 1. The second kappa shape index (κ2) is 8.76. The van der Waals surface area contributed by atoms with Crippen LogP contribution in [-0.2, 0) is 4.79 Å². The fourth-order valence-corrected chi connectivity index (χ4v) is 3.49. The molecule has 1 atom stereocenters. The lowest BCUT2D eigenvalue weighted by Crippen LogP contribution is -2.42. The Morgan fingerprint density at radius 3 is 2.52 bits per heavy atom. The largest absolute Gasteiger partial charge is 0.331 e. The Hall–Kier alpha value is -2.05. The average Bonchev–Trinajstić information content (AvgIpc) is 3.46. The van der Waals surface area contributed by atoms with Crippen LogP contribution in [0.4, 0.5) is 10.5 Å². The molecule has 2 aromatic carbocycles. The number of nitrogens with one attached hydrogen (secondary N) is 3. The van der Waals surface area contributed by atoms with Gasteiger partial charge < -0.3 is 16.0 Å². The Morgan fingerprint density at radius 2 is 1.89 bits per heavy atom. The zero-order valence-corrected chi connectivity index (χ0v) is 17.2. The molecule has 3 amide bonds. The quantitative estimate of drug-likeness (QED) is 0.591. The number of hydrogen-bond donors (Lipinski definition) is 3. The molecule has 27 heavy (non-hydrogen) atoms. The van der Waals surface area contributed by atoms with Gasteiger partial charge in [0.05, 0.1) is 12.6 Å². The number of carbonyl (C=O) groups is 2. The molecule has 1 fully saturated rings. The topological polar surface area (TPSA) is 70.2 Å². The van der Waals surface area contributed by atoms with Crippen LogP contribution >= 0.6 is 27.5 Å². The van der Waals surface area contributed by atoms with Gasteiger partial charge in [-0.3, -0.25) is 4.79 Å². The highest BCUT2D eigenvalue weighted by molar-refractivity contribution is 9.10. The van der Waals surface area contributed by atoms with E-state index in [0.29, 0.717) is 10.9 Å². The minimum absolute atomic E-state index is 0.0703. The number of anilines is 1. The first-order valence-electron chi connectivity index (χ1n) is 8.78. The summed E-state index contributed by atoms with van der Waals surface area (Å²) in [6.07, 6.45) is 2.16. The van der Waals surface area contributed by atoms with E-state index in [-0.39, 0.29) is 24.5 Å². The molecule has 0 heterocycles. The third kappa shape index (κ3) is 5.71. The van der Waals surface area contributed by atoms with Crippen molar-refractivity contribution in [3.8, 4) is 0 Å². The Labute approximate surface area is 172 Å². The Balaban J connectivity index is 1.52. The van der Waals surface area contributed by atoms with Gasteiger partial charge >= 0.3 is 6.03 Å². The summed E-state index contributed by atoms with van der Waals surface area (Å²) in [5.74, 6) is 0.154. The maximum absolute atomic E-state index is 12.3. The van der Waals surface area contributed by atoms with E-state index in [9.17, 15) is 9.59 Å². The van der Waals surface area contributed by atoms with Crippen LogP contribution in [0, 0.1) is 12.8 Å². The van der Waals surface area contributed by atoms with Gasteiger partial charge in [0.25, 0.3) is 0 Å². The lowest BCUT2D eigenvalue weighted by molar-refractivity contribution is -0.115. The van der Waals surface area contributed by atoms with Crippen molar-refractivity contribution in [3.63, 3.8) is 0 Å². The van der Waals surface area contributed by atoms with Crippen LogP contribution in [0.2, 0.25) is 5.02 Å². The van der Waals surface area contributed by atoms with Crippen molar-refractivity contribution in [3.05, 3.63) is 63.1 Å². The summed E-state index contributed by atoms with van der Waals surface area (Å²) in [6.45, 7) is 1.81. The summed E-state index contributed by atoms with van der Waals surface area (Å²) in [6, 6.07) is 12.7. The summed E-state index contributed by atoms with van der Waals surface area (Å²) in [7, 11) is 0. The maximum atomic E-state index is 12.3. The van der Waals surface area contributed by atoms with Crippen molar-refractivity contribution in [2.24, 2.45) is 5.92 Å². The first-order chi connectivity index (χ1) is 12.9. The minimum Gasteiger partial charge on any atom is -0.331 e. The molecule has 5 nitrogen and oxygen atoms in total. The van der Waals surface area contributed by atoms with Gasteiger partial charge in [-0.1, -0.05) is 39.7 Å². The van der Waals surface area contributed by atoms with E-state index in [1.807, 2.05) is 49.4 Å². The molecule has 7 heteroatoms. The minimum atomic E-state index is -0.357. The molecule has 2 aromatic rings. The zero-order chi connectivity index (χ0) is 19.4. The van der Waals surface area contributed by atoms with E-state index in [0.717, 1.165) is 34.1 Å². The van der Waals surface area contributed by atoms with E-state index in [1.165, 1.54) is 0 Å². The molecule has 142 valence electrons. The number of amides is 3. The van der Waals surface area contributed by atoms with Gasteiger partial charge in [-0.25, -0.2) is 4.79 Å². The van der Waals surface area contributed by atoms with Crippen LogP contribution in [0.25, 0.3) is 0 Å². The highest BCUT2D eigenvalue weighted by Crippen LogP contribution is 2.41. The van der Waals surface area contributed by atoms with Crippen molar-refractivity contribution in [2.75, 3.05) is 11.9 Å². The Bertz CT molecular complexity index is 838. The fourth-order valence-electron chi connectivity index (χ4n) is 2.89. The van der Waals surface area contributed by atoms with Gasteiger partial charge in [-0.2, -0.15) is 0 Å². The first kappa shape index (κ1) is 19.7. The predicted octanol–water partition coefficient (Wildman–Crippen LogP) is 4.80. The van der Waals surface area contributed by atoms with Crippen molar-refractivity contribution in [1.29, 1.82) is 0 Å². The molecule has 0 aromatic heterocycles. The molecule has 1 aliphatic rings. The lowest BCUT2D eigenvalue weighted by atomic mass is 10.0. The van der Waals surface area contributed by atoms with Crippen LogP contribution in [0.3, 0.4) is 0 Å². The molecule has 0 saturated heterocycles. The molecule has 3 N–H and O–H groups in total. The number of urea groups is 1. The van der Waals surface area contributed by atoms with Crippen LogP contribution in [0.15, 0.2) is 46.9 Å². The van der Waals surface area contributed by atoms with Crippen LogP contribution < -0.4 is 16.0 Å². The van der Waals surface area contributed by atoms with Crippen LogP contribution in [0.5, 0.6) is 0 Å². The normalized spacial score (nSPS) is 14.3. The smallest absolute Gasteiger partial charge is 0.315 e. The second-order valence-electron chi connectivity index (χ2n) is 6.70. The lowest BCUT2D eigenvalue weighted by Gasteiger charge is -2.19. The predicted molar refractivity (Wildman–Crippen MR) is 111 cm³/mol. The molecule has 0 spiro atoms. The van der Waals surface area contributed by atoms with Gasteiger partial charge in [0.1, 0.15) is 0 Å². The number of rotatable bonds is 6. The van der Waals surface area contributed by atoms with Crippen molar-refractivity contribution in [1.82, 2.24) is 10.6 Å². The van der Waals surface area contributed by atoms with E-state index in [4.69, 9.17) is 11.6 Å². The first-order valence-corrected chi connectivity index (χ1v) is 9.95. The van der Waals surface area contributed by atoms with Crippen molar-refractivity contribution >= 4 is 45.2 Å². The molecule has 0 bridgehead atoms. The molecule has 3 rings (SSSR count). The van der Waals surface area contributed by atoms with Crippen LogP contribution in [-0.4, -0.2) is 18.5 Å². The SMILES string of the molecule is Cc1cc(Br)ccc1NC(=O)CNC(=O)N[C@H](c1ccc(Cl)cc1)C1CC1. The molecular weight excluding hydrogens is 430 g/mol. The van der Waals surface area contributed by atoms with E-state index in [1.54, 1.807) is 0 Å². The van der Waals surface area contributed by atoms with E-state index in [2.05, 4.69) is 31.9 Å². The second-order valence-corrected chi connectivity index (χ2v) is 8.05. The number of halogens is 2. The number of benzene rings is 2. The fraction of sp³-hybridized carbons (Fsp3) is 0.300. The average molecular weight is 451 g/mol. The van der Waals surface area contributed by atoms with Gasteiger partial charge in [0, 0.05) is 15.2 Å². The van der Waals surface area contributed by atoms with Gasteiger partial charge in [0.15, 0.2) is 0 Å². The summed E-state index contributed by atoms with van der Waals surface area (Å²) in [5, 5.41) is 9.07. The molecule has 0 radical (unpaired) electrons. The third-order valence-electron chi connectivity index (χ3n) is 4.48. The van der Waals surface area contributed by atoms with Gasteiger partial charge in [-0.15, -0.1) is 0 Å². The Kier molecular flexibility index (Phi) is 6.39. The summed E-state index contributed by atoms with van der Waals surface area (Å²) >= 11 is 9.33. The number of hydrogen-bond acceptors (Lipinski definition) is 2. The Morgan fingerprint density at radius 1 is 1.19 bits per heavy atom. The van der Waals surface area contributed by atoms with E-state index < -0.39 is 0 Å². The zero-order valence-electron chi connectivity index (χ0n) is 14.9. The van der Waals surface area contributed by atoms with Gasteiger partial charge in [-0.05, 0) is 67.1 Å².